The quantitative estimate of drug-likeness (QED) is 0.598. The van der Waals surface area contributed by atoms with E-state index in [4.69, 9.17) is 4.74 Å². The minimum absolute atomic E-state index is 0.0200. The minimum Gasteiger partial charge on any atom is -0.465 e. The van der Waals surface area contributed by atoms with Crippen molar-refractivity contribution in [3.63, 3.8) is 0 Å². The zero-order valence-corrected chi connectivity index (χ0v) is 15.4. The zero-order chi connectivity index (χ0) is 20.1. The first-order chi connectivity index (χ1) is 13.4. The van der Waals surface area contributed by atoms with Crippen LogP contribution in [-0.2, 0) is 17.3 Å². The molecule has 0 aromatic heterocycles. The predicted octanol–water partition coefficient (Wildman–Crippen LogP) is 4.91. The highest BCUT2D eigenvalue weighted by Crippen LogP contribution is 2.32. The van der Waals surface area contributed by atoms with Gasteiger partial charge >= 0.3 is 6.18 Å². The van der Waals surface area contributed by atoms with Crippen LogP contribution in [0.25, 0.3) is 0 Å². The highest BCUT2D eigenvalue weighted by atomic mass is 19.4. The Morgan fingerprint density at radius 2 is 2.00 bits per heavy atom. The van der Waals surface area contributed by atoms with E-state index in [0.29, 0.717) is 0 Å². The summed E-state index contributed by atoms with van der Waals surface area (Å²) in [6.07, 6.45) is -1.76. The lowest BCUT2D eigenvalue weighted by atomic mass is 9.88. The van der Waals surface area contributed by atoms with Gasteiger partial charge in [-0.3, -0.25) is 10.1 Å². The first-order valence-corrected chi connectivity index (χ1v) is 9.15. The summed E-state index contributed by atoms with van der Waals surface area (Å²) in [7, 11) is 0. The largest absolute Gasteiger partial charge is 0.465 e. The molecule has 0 unspecified atom stereocenters. The van der Waals surface area contributed by atoms with Crippen LogP contribution in [0.15, 0.2) is 53.5 Å². The van der Waals surface area contributed by atoms with E-state index >= 15 is 0 Å². The third kappa shape index (κ3) is 4.71. The predicted molar refractivity (Wildman–Crippen MR) is 100 cm³/mol. The van der Waals surface area contributed by atoms with Gasteiger partial charge in [0.2, 0.25) is 0 Å². The average molecular weight is 390 g/mol. The number of amidine groups is 1. The number of rotatable bonds is 3. The number of benzene rings is 2. The number of fused-ring (bicyclic) bond motifs is 1. The maximum absolute atomic E-state index is 12.9. The molecule has 0 spiro atoms. The summed E-state index contributed by atoms with van der Waals surface area (Å²) in [6, 6.07) is 12.1. The van der Waals surface area contributed by atoms with Crippen LogP contribution in [0.5, 0.6) is 0 Å². The molecule has 0 radical (unpaired) electrons. The molecule has 28 heavy (non-hydrogen) atoms. The Morgan fingerprint density at radius 1 is 1.21 bits per heavy atom. The van der Waals surface area contributed by atoms with E-state index in [9.17, 15) is 18.0 Å². The van der Waals surface area contributed by atoms with Gasteiger partial charge in [0.1, 0.15) is 0 Å². The van der Waals surface area contributed by atoms with Crippen molar-refractivity contribution in [1.82, 2.24) is 5.32 Å². The molecule has 2 aromatic carbocycles. The molecule has 0 saturated carbocycles. The lowest BCUT2D eigenvalue weighted by Gasteiger charge is -2.23. The summed E-state index contributed by atoms with van der Waals surface area (Å²) in [4.78, 5) is 17.0. The van der Waals surface area contributed by atoms with Gasteiger partial charge in [-0.05, 0) is 55.5 Å². The molecular weight excluding hydrogens is 369 g/mol. The SMILES string of the molecule is CCOC(=N[C@H]1CCCc2ccccc21)NC(=O)c1cccc(C(F)(F)F)c1. The second-order valence-electron chi connectivity index (χ2n) is 6.51. The Hall–Kier alpha value is -2.83. The van der Waals surface area contributed by atoms with Crippen molar-refractivity contribution >= 4 is 11.9 Å². The van der Waals surface area contributed by atoms with Gasteiger partial charge in [0.25, 0.3) is 11.9 Å². The van der Waals surface area contributed by atoms with Gasteiger partial charge in [-0.1, -0.05) is 30.3 Å². The molecule has 148 valence electrons. The van der Waals surface area contributed by atoms with Crippen LogP contribution >= 0.6 is 0 Å². The second-order valence-corrected chi connectivity index (χ2v) is 6.51. The highest BCUT2D eigenvalue weighted by Gasteiger charge is 2.31. The van der Waals surface area contributed by atoms with Gasteiger partial charge in [0.05, 0.1) is 18.2 Å². The van der Waals surface area contributed by atoms with Gasteiger partial charge < -0.3 is 4.74 Å². The van der Waals surface area contributed by atoms with Crippen LogP contribution in [0.2, 0.25) is 0 Å². The van der Waals surface area contributed by atoms with Crippen molar-refractivity contribution in [2.45, 2.75) is 38.4 Å². The van der Waals surface area contributed by atoms with E-state index in [2.05, 4.69) is 16.4 Å². The Balaban J connectivity index is 1.82. The van der Waals surface area contributed by atoms with Crippen molar-refractivity contribution in [2.75, 3.05) is 6.61 Å². The fourth-order valence-corrected chi connectivity index (χ4v) is 3.25. The van der Waals surface area contributed by atoms with Gasteiger partial charge in [0.15, 0.2) is 0 Å². The van der Waals surface area contributed by atoms with E-state index < -0.39 is 17.6 Å². The first kappa shape index (κ1) is 19.9. The molecule has 1 N–H and O–H groups in total. The molecule has 0 aliphatic heterocycles. The Kier molecular flexibility index (Phi) is 6.02. The summed E-state index contributed by atoms with van der Waals surface area (Å²) in [5.41, 5.74) is 1.31. The van der Waals surface area contributed by atoms with E-state index in [1.54, 1.807) is 6.92 Å². The highest BCUT2D eigenvalue weighted by molar-refractivity contribution is 6.04. The monoisotopic (exact) mass is 390 g/mol. The lowest BCUT2D eigenvalue weighted by Crippen LogP contribution is -2.33. The number of hydrogen-bond donors (Lipinski definition) is 1. The molecule has 1 atom stereocenters. The second kappa shape index (κ2) is 8.46. The molecule has 7 heteroatoms. The minimum atomic E-state index is -4.51. The normalized spacial score (nSPS) is 17.0. The maximum Gasteiger partial charge on any atom is 0.416 e. The first-order valence-electron chi connectivity index (χ1n) is 9.15. The van der Waals surface area contributed by atoms with Crippen LogP contribution in [0.3, 0.4) is 0 Å². The van der Waals surface area contributed by atoms with E-state index in [-0.39, 0.29) is 24.2 Å². The molecule has 1 amide bonds. The number of halogens is 3. The fraction of sp³-hybridized carbons (Fsp3) is 0.333. The summed E-state index contributed by atoms with van der Waals surface area (Å²) < 4.78 is 44.1. The van der Waals surface area contributed by atoms with Crippen molar-refractivity contribution < 1.29 is 22.7 Å². The Bertz CT molecular complexity index is 878. The Morgan fingerprint density at radius 3 is 2.75 bits per heavy atom. The number of aryl methyl sites for hydroxylation is 1. The number of aliphatic imine (C=N–C) groups is 1. The average Bonchev–Trinajstić information content (AvgIpc) is 2.68. The zero-order valence-electron chi connectivity index (χ0n) is 15.4. The molecule has 0 bridgehead atoms. The molecule has 1 aliphatic rings. The summed E-state index contributed by atoms with van der Waals surface area (Å²) in [5, 5.41) is 2.51. The number of nitrogens with one attached hydrogen (secondary N) is 1. The smallest absolute Gasteiger partial charge is 0.416 e. The van der Waals surface area contributed by atoms with Crippen molar-refractivity contribution in [3.8, 4) is 0 Å². The summed E-state index contributed by atoms with van der Waals surface area (Å²) in [5.74, 6) is -0.692. The van der Waals surface area contributed by atoms with Crippen molar-refractivity contribution in [1.29, 1.82) is 0 Å². The number of ether oxygens (including phenoxy) is 1. The molecule has 0 heterocycles. The Labute approximate surface area is 161 Å². The van der Waals surface area contributed by atoms with Gasteiger partial charge in [-0.2, -0.15) is 13.2 Å². The maximum atomic E-state index is 12.9. The van der Waals surface area contributed by atoms with Crippen LogP contribution in [-0.4, -0.2) is 18.5 Å². The standard InChI is InChI=1S/C21H21F3N2O2/c1-2-28-20(25-18-12-6-8-14-7-3-4-11-17(14)18)26-19(27)15-9-5-10-16(13-15)21(22,23)24/h3-5,7,9-11,13,18H,2,6,8,12H2,1H3,(H,25,26,27)/t18-/m0/s1. The van der Waals surface area contributed by atoms with Crippen molar-refractivity contribution in [3.05, 3.63) is 70.8 Å². The number of amides is 1. The van der Waals surface area contributed by atoms with Gasteiger partial charge in [-0.15, -0.1) is 0 Å². The number of nitrogens with zero attached hydrogens (tertiary/aromatic N) is 1. The molecule has 4 nitrogen and oxygen atoms in total. The van der Waals surface area contributed by atoms with Crippen LogP contribution in [0, 0.1) is 0 Å². The third-order valence-corrected chi connectivity index (χ3v) is 4.56. The third-order valence-electron chi connectivity index (χ3n) is 4.56. The number of hydrogen-bond acceptors (Lipinski definition) is 3. The van der Waals surface area contributed by atoms with Crippen molar-refractivity contribution in [2.24, 2.45) is 4.99 Å². The fourth-order valence-electron chi connectivity index (χ4n) is 3.25. The van der Waals surface area contributed by atoms with Gasteiger partial charge in [-0.25, -0.2) is 4.99 Å². The lowest BCUT2D eigenvalue weighted by molar-refractivity contribution is -0.137. The molecule has 3 rings (SSSR count). The van der Waals surface area contributed by atoms with E-state index in [1.165, 1.54) is 17.7 Å². The molecule has 0 fully saturated rings. The molecule has 2 aromatic rings. The topological polar surface area (TPSA) is 50.7 Å². The van der Waals surface area contributed by atoms with Crippen LogP contribution < -0.4 is 5.32 Å². The summed E-state index contributed by atoms with van der Waals surface area (Å²) >= 11 is 0. The van der Waals surface area contributed by atoms with Crippen LogP contribution in [0.1, 0.15) is 52.9 Å². The van der Waals surface area contributed by atoms with Gasteiger partial charge in [0, 0.05) is 5.56 Å². The molecule has 1 aliphatic carbocycles. The number of carbonyl (C=O) groups excluding carboxylic acids is 1. The van der Waals surface area contributed by atoms with E-state index in [1.807, 2.05) is 18.2 Å². The van der Waals surface area contributed by atoms with Crippen LogP contribution in [0.4, 0.5) is 13.2 Å². The van der Waals surface area contributed by atoms with E-state index in [0.717, 1.165) is 37.0 Å². The molecular formula is C21H21F3N2O2. The number of carbonyl (C=O) groups is 1. The molecule has 0 saturated heterocycles. The summed E-state index contributed by atoms with van der Waals surface area (Å²) in [6.45, 7) is 2.02. The number of alkyl halides is 3.